The fourth-order valence-electron chi connectivity index (χ4n) is 1.87. The van der Waals surface area contributed by atoms with E-state index in [0.717, 1.165) is 11.3 Å². The normalized spacial score (nSPS) is 19.5. The average Bonchev–Trinajstić information content (AvgIpc) is 2.85. The summed E-state index contributed by atoms with van der Waals surface area (Å²) in [6, 6.07) is 0. The Morgan fingerprint density at radius 3 is 2.75 bits per heavy atom. The largest absolute Gasteiger partial charge is 0.406 e. The lowest BCUT2D eigenvalue weighted by molar-refractivity contribution is -0.157. The van der Waals surface area contributed by atoms with Crippen LogP contribution in [0.15, 0.2) is 0 Å². The minimum absolute atomic E-state index is 0.223. The molecule has 110 valence electrons. The van der Waals surface area contributed by atoms with Crippen molar-refractivity contribution in [1.29, 1.82) is 0 Å². The lowest BCUT2D eigenvalue weighted by Crippen LogP contribution is -2.36. The van der Waals surface area contributed by atoms with Gasteiger partial charge in [-0.3, -0.25) is 9.59 Å². The number of alkyl halides is 3. The molecule has 2 heterocycles. The lowest BCUT2D eigenvalue weighted by atomic mass is 10.1. The van der Waals surface area contributed by atoms with Crippen molar-refractivity contribution in [2.75, 3.05) is 18.4 Å². The zero-order chi connectivity index (χ0) is 14.9. The van der Waals surface area contributed by atoms with Crippen LogP contribution in [-0.2, 0) is 9.59 Å². The van der Waals surface area contributed by atoms with Gasteiger partial charge in [0.1, 0.15) is 11.6 Å². The molecule has 1 fully saturated rings. The molecule has 2 rings (SSSR count). The van der Waals surface area contributed by atoms with Crippen molar-refractivity contribution in [2.45, 2.75) is 19.5 Å². The topological polar surface area (TPSA) is 75.2 Å². The molecule has 20 heavy (non-hydrogen) atoms. The summed E-state index contributed by atoms with van der Waals surface area (Å²) in [5.41, 5.74) is 0. The number of aromatic nitrogens is 2. The van der Waals surface area contributed by atoms with E-state index >= 15 is 0 Å². The van der Waals surface area contributed by atoms with Crippen LogP contribution in [0.3, 0.4) is 0 Å². The van der Waals surface area contributed by atoms with Gasteiger partial charge in [0.05, 0.1) is 5.92 Å². The van der Waals surface area contributed by atoms with Crippen molar-refractivity contribution >= 4 is 28.3 Å². The van der Waals surface area contributed by atoms with E-state index in [1.165, 1.54) is 0 Å². The van der Waals surface area contributed by atoms with Gasteiger partial charge in [-0.15, -0.1) is 10.2 Å². The Morgan fingerprint density at radius 1 is 1.50 bits per heavy atom. The molecule has 0 spiro atoms. The van der Waals surface area contributed by atoms with Crippen molar-refractivity contribution in [3.05, 3.63) is 5.01 Å². The molecule has 1 saturated heterocycles. The molecule has 0 aromatic carbocycles. The predicted octanol–water partition coefficient (Wildman–Crippen LogP) is 1.20. The smallest absolute Gasteiger partial charge is 0.333 e. The van der Waals surface area contributed by atoms with Crippen molar-refractivity contribution in [3.63, 3.8) is 0 Å². The van der Waals surface area contributed by atoms with Crippen molar-refractivity contribution in [1.82, 2.24) is 15.1 Å². The first-order valence-corrected chi connectivity index (χ1v) is 6.52. The van der Waals surface area contributed by atoms with E-state index in [0.29, 0.717) is 9.91 Å². The summed E-state index contributed by atoms with van der Waals surface area (Å²) in [6.07, 6.45) is -4.68. The fraction of sp³-hybridized carbons (Fsp3) is 0.600. The first-order valence-electron chi connectivity index (χ1n) is 5.70. The summed E-state index contributed by atoms with van der Waals surface area (Å²) in [7, 11) is 0. The molecule has 1 aromatic heterocycles. The number of amides is 2. The Morgan fingerprint density at radius 2 is 2.20 bits per heavy atom. The summed E-state index contributed by atoms with van der Waals surface area (Å²) in [6.45, 7) is 0.146. The predicted molar refractivity (Wildman–Crippen MR) is 64.0 cm³/mol. The van der Waals surface area contributed by atoms with E-state index in [9.17, 15) is 22.8 Å². The summed E-state index contributed by atoms with van der Waals surface area (Å²) >= 11 is 1.15. The second-order valence-corrected chi connectivity index (χ2v) is 5.59. The zero-order valence-electron chi connectivity index (χ0n) is 10.4. The molecule has 0 radical (unpaired) electrons. The molecule has 0 bridgehead atoms. The summed E-state index contributed by atoms with van der Waals surface area (Å²) in [5, 5.41) is 10.8. The Hall–Kier alpha value is -1.71. The van der Waals surface area contributed by atoms with Gasteiger partial charge in [-0.05, 0) is 6.92 Å². The van der Waals surface area contributed by atoms with E-state index < -0.39 is 30.5 Å². The number of rotatable bonds is 3. The van der Waals surface area contributed by atoms with E-state index in [1.54, 1.807) is 6.92 Å². The van der Waals surface area contributed by atoms with Crippen LogP contribution in [-0.4, -0.2) is 46.2 Å². The van der Waals surface area contributed by atoms with E-state index in [4.69, 9.17) is 0 Å². The molecule has 1 aliphatic rings. The van der Waals surface area contributed by atoms with Crippen LogP contribution in [0.4, 0.5) is 18.3 Å². The number of hydrogen-bond donors (Lipinski definition) is 1. The number of aryl methyl sites for hydroxylation is 1. The first-order chi connectivity index (χ1) is 9.24. The highest BCUT2D eigenvalue weighted by molar-refractivity contribution is 7.15. The molecular formula is C10H11F3N4O2S. The number of hydrogen-bond acceptors (Lipinski definition) is 5. The fourth-order valence-corrected chi connectivity index (χ4v) is 2.47. The van der Waals surface area contributed by atoms with Crippen LogP contribution in [0, 0.1) is 12.8 Å². The summed E-state index contributed by atoms with van der Waals surface area (Å²) < 4.78 is 36.7. The minimum atomic E-state index is -4.46. The average molecular weight is 308 g/mol. The minimum Gasteiger partial charge on any atom is -0.333 e. The molecule has 0 aliphatic carbocycles. The van der Waals surface area contributed by atoms with Crippen molar-refractivity contribution in [3.8, 4) is 0 Å². The first kappa shape index (κ1) is 14.7. The molecule has 6 nitrogen and oxygen atoms in total. The van der Waals surface area contributed by atoms with E-state index in [1.807, 2.05) is 0 Å². The van der Waals surface area contributed by atoms with Crippen molar-refractivity contribution < 1.29 is 22.8 Å². The second-order valence-electron chi connectivity index (χ2n) is 4.41. The molecule has 0 unspecified atom stereocenters. The second kappa shape index (κ2) is 5.35. The van der Waals surface area contributed by atoms with Gasteiger partial charge in [0.15, 0.2) is 0 Å². The third-order valence-corrected chi connectivity index (χ3v) is 3.47. The Labute approximate surface area is 116 Å². The van der Waals surface area contributed by atoms with Gasteiger partial charge in [-0.1, -0.05) is 11.3 Å². The Bertz CT molecular complexity index is 531. The maximum absolute atomic E-state index is 12.2. The summed E-state index contributed by atoms with van der Waals surface area (Å²) in [4.78, 5) is 23.9. The van der Waals surface area contributed by atoms with Crippen LogP contribution in [0.5, 0.6) is 0 Å². The van der Waals surface area contributed by atoms with Gasteiger partial charge in [-0.25, -0.2) is 0 Å². The number of anilines is 1. The molecule has 10 heteroatoms. The Kier molecular flexibility index (Phi) is 3.93. The molecular weight excluding hydrogens is 297 g/mol. The number of carbonyl (C=O) groups excluding carboxylic acids is 2. The number of nitrogens with zero attached hydrogens (tertiary/aromatic N) is 3. The molecule has 1 N–H and O–H groups in total. The van der Waals surface area contributed by atoms with Crippen LogP contribution >= 0.6 is 11.3 Å². The number of carbonyl (C=O) groups is 2. The van der Waals surface area contributed by atoms with Gasteiger partial charge < -0.3 is 10.2 Å². The van der Waals surface area contributed by atoms with Crippen molar-refractivity contribution in [2.24, 2.45) is 5.92 Å². The number of nitrogens with one attached hydrogen (secondary N) is 1. The molecule has 1 atom stereocenters. The highest BCUT2D eigenvalue weighted by Gasteiger charge is 2.40. The van der Waals surface area contributed by atoms with Gasteiger partial charge in [0.25, 0.3) is 0 Å². The molecule has 1 aliphatic heterocycles. The summed E-state index contributed by atoms with van der Waals surface area (Å²) in [5.74, 6) is -1.98. The number of halogens is 3. The SMILES string of the molecule is Cc1nnc(NC(=O)[C@H]2CC(=O)N(CC(F)(F)F)C2)s1. The highest BCUT2D eigenvalue weighted by atomic mass is 32.1. The van der Waals surface area contributed by atoms with Gasteiger partial charge in [-0.2, -0.15) is 13.2 Å². The van der Waals surface area contributed by atoms with Crippen LogP contribution in [0.1, 0.15) is 11.4 Å². The number of likely N-dealkylation sites (tertiary alicyclic amines) is 1. The molecule has 0 saturated carbocycles. The monoisotopic (exact) mass is 308 g/mol. The quantitative estimate of drug-likeness (QED) is 0.910. The highest BCUT2D eigenvalue weighted by Crippen LogP contribution is 2.25. The standard InChI is InChI=1S/C10H11F3N4O2S/c1-5-15-16-9(20-5)14-8(19)6-2-7(18)17(3-6)4-10(11,12)13/h6H,2-4H2,1H3,(H,14,16,19)/t6-/m0/s1. The Balaban J connectivity index is 1.94. The molecule has 1 aromatic rings. The van der Waals surface area contributed by atoms with E-state index in [-0.39, 0.29) is 18.1 Å². The maximum atomic E-state index is 12.2. The zero-order valence-corrected chi connectivity index (χ0v) is 11.2. The lowest BCUT2D eigenvalue weighted by Gasteiger charge is -2.18. The van der Waals surface area contributed by atoms with Crippen LogP contribution in [0.25, 0.3) is 0 Å². The molecule has 2 amide bonds. The maximum Gasteiger partial charge on any atom is 0.406 e. The third kappa shape index (κ3) is 3.65. The van der Waals surface area contributed by atoms with Crippen LogP contribution < -0.4 is 5.32 Å². The van der Waals surface area contributed by atoms with Crippen LogP contribution in [0.2, 0.25) is 0 Å². The van der Waals surface area contributed by atoms with E-state index in [2.05, 4.69) is 15.5 Å². The van der Waals surface area contributed by atoms with Gasteiger partial charge in [0.2, 0.25) is 16.9 Å². The van der Waals surface area contributed by atoms with Gasteiger partial charge in [0, 0.05) is 13.0 Å². The van der Waals surface area contributed by atoms with Gasteiger partial charge >= 0.3 is 6.18 Å². The third-order valence-electron chi connectivity index (χ3n) is 2.71.